The lowest BCUT2D eigenvalue weighted by Gasteiger charge is -2.32. The second-order valence-corrected chi connectivity index (χ2v) is 7.54. The third kappa shape index (κ3) is 2.62. The van der Waals surface area contributed by atoms with Gasteiger partial charge in [-0.1, -0.05) is 25.1 Å². The highest BCUT2D eigenvalue weighted by Gasteiger charge is 2.30. The van der Waals surface area contributed by atoms with Crippen LogP contribution in [0.15, 0.2) is 36.5 Å². The average Bonchev–Trinajstić information content (AvgIpc) is 2.46. The van der Waals surface area contributed by atoms with Crippen LogP contribution < -0.4 is 0 Å². The fourth-order valence-electron chi connectivity index (χ4n) is 2.56. The molecule has 4 heteroatoms. The quantitative estimate of drug-likeness (QED) is 0.918. The van der Waals surface area contributed by atoms with E-state index in [-0.39, 0.29) is 5.25 Å². The lowest BCUT2D eigenvalue weighted by atomic mass is 10.00. The summed E-state index contributed by atoms with van der Waals surface area (Å²) in [6, 6.07) is 10.00. The molecular weight excluding hydrogens is 274 g/mol. The molecule has 2 heterocycles. The second-order valence-electron chi connectivity index (χ2n) is 4.77. The van der Waals surface area contributed by atoms with Crippen molar-refractivity contribution < 1.29 is 5.11 Å². The molecule has 1 saturated heterocycles. The summed E-state index contributed by atoms with van der Waals surface area (Å²) in [5, 5.41) is 12.6. The molecule has 1 aromatic carbocycles. The summed E-state index contributed by atoms with van der Waals surface area (Å²) < 4.78 is 0. The minimum atomic E-state index is -0.416. The van der Waals surface area contributed by atoms with Crippen LogP contribution in [-0.4, -0.2) is 32.1 Å². The zero-order valence-electron chi connectivity index (χ0n) is 10.8. The number of pyridine rings is 1. The molecule has 2 nitrogen and oxygen atoms in total. The van der Waals surface area contributed by atoms with Gasteiger partial charge in [-0.2, -0.15) is 23.5 Å². The number of fused-ring (bicyclic) bond motifs is 1. The maximum Gasteiger partial charge on any atom is 0.0925 e. The standard InChI is InChI=1S/C15H17NOS2/c1-10-15(19-9-8-18-10)14(17)12-4-2-6-13-11(12)5-3-7-16-13/h2-7,10,14-15,17H,8-9H2,1H3. The van der Waals surface area contributed by atoms with Gasteiger partial charge in [0.1, 0.15) is 0 Å². The van der Waals surface area contributed by atoms with Gasteiger partial charge < -0.3 is 5.11 Å². The van der Waals surface area contributed by atoms with E-state index in [0.29, 0.717) is 5.25 Å². The van der Waals surface area contributed by atoms with Crippen molar-refractivity contribution in [3.05, 3.63) is 42.1 Å². The number of aliphatic hydroxyl groups is 1. The summed E-state index contributed by atoms with van der Waals surface area (Å²) in [4.78, 5) is 4.37. The van der Waals surface area contributed by atoms with Gasteiger partial charge in [0.15, 0.2) is 0 Å². The van der Waals surface area contributed by atoms with Gasteiger partial charge in [0, 0.05) is 33.6 Å². The van der Waals surface area contributed by atoms with E-state index in [9.17, 15) is 5.11 Å². The maximum atomic E-state index is 10.8. The molecule has 0 radical (unpaired) electrons. The Morgan fingerprint density at radius 1 is 1.21 bits per heavy atom. The predicted octanol–water partition coefficient (Wildman–Crippen LogP) is 3.51. The van der Waals surface area contributed by atoms with Crippen LogP contribution in [0.2, 0.25) is 0 Å². The zero-order valence-corrected chi connectivity index (χ0v) is 12.5. The van der Waals surface area contributed by atoms with Gasteiger partial charge in [-0.05, 0) is 17.7 Å². The number of benzene rings is 1. The van der Waals surface area contributed by atoms with Crippen molar-refractivity contribution in [1.82, 2.24) is 4.98 Å². The topological polar surface area (TPSA) is 33.1 Å². The third-order valence-corrected chi connectivity index (χ3v) is 6.73. The van der Waals surface area contributed by atoms with E-state index in [2.05, 4.69) is 11.9 Å². The summed E-state index contributed by atoms with van der Waals surface area (Å²) in [5.74, 6) is 2.31. The van der Waals surface area contributed by atoms with Crippen molar-refractivity contribution in [3.63, 3.8) is 0 Å². The molecule has 2 aromatic rings. The highest BCUT2D eigenvalue weighted by molar-refractivity contribution is 8.07. The first-order valence-corrected chi connectivity index (χ1v) is 8.62. The Labute approximate surface area is 122 Å². The first kappa shape index (κ1) is 13.3. The van der Waals surface area contributed by atoms with Crippen molar-refractivity contribution in [2.45, 2.75) is 23.5 Å². The number of nitrogens with zero attached hydrogens (tertiary/aromatic N) is 1. The molecular formula is C15H17NOS2. The molecule has 1 aromatic heterocycles. The molecule has 3 atom stereocenters. The number of aromatic nitrogens is 1. The Balaban J connectivity index is 1.99. The molecule has 0 amide bonds. The summed E-state index contributed by atoms with van der Waals surface area (Å²) in [5.41, 5.74) is 1.97. The van der Waals surface area contributed by atoms with E-state index in [1.54, 1.807) is 6.20 Å². The van der Waals surface area contributed by atoms with Crippen molar-refractivity contribution in [3.8, 4) is 0 Å². The van der Waals surface area contributed by atoms with Crippen LogP contribution >= 0.6 is 23.5 Å². The monoisotopic (exact) mass is 291 g/mol. The summed E-state index contributed by atoms with van der Waals surface area (Å²) in [7, 11) is 0. The van der Waals surface area contributed by atoms with Gasteiger partial charge in [0.25, 0.3) is 0 Å². The average molecular weight is 291 g/mol. The minimum Gasteiger partial charge on any atom is -0.387 e. The molecule has 0 spiro atoms. The lowest BCUT2D eigenvalue weighted by molar-refractivity contribution is 0.175. The number of hydrogen-bond acceptors (Lipinski definition) is 4. The minimum absolute atomic E-state index is 0.268. The largest absolute Gasteiger partial charge is 0.387 e. The molecule has 100 valence electrons. The van der Waals surface area contributed by atoms with Gasteiger partial charge >= 0.3 is 0 Å². The Hall–Kier alpha value is -0.710. The SMILES string of the molecule is CC1SCCSC1C(O)c1cccc2ncccc12. The normalized spacial score (nSPS) is 25.4. The molecule has 0 aliphatic carbocycles. The van der Waals surface area contributed by atoms with E-state index >= 15 is 0 Å². The highest BCUT2D eigenvalue weighted by Crippen LogP contribution is 2.39. The number of rotatable bonds is 2. The van der Waals surface area contributed by atoms with E-state index < -0.39 is 6.10 Å². The summed E-state index contributed by atoms with van der Waals surface area (Å²) in [6.45, 7) is 2.22. The molecule has 3 rings (SSSR count). The molecule has 0 saturated carbocycles. The van der Waals surface area contributed by atoms with Gasteiger partial charge in [-0.15, -0.1) is 0 Å². The van der Waals surface area contributed by atoms with Gasteiger partial charge in [-0.25, -0.2) is 0 Å². The van der Waals surface area contributed by atoms with Crippen LogP contribution in [0.4, 0.5) is 0 Å². The zero-order chi connectivity index (χ0) is 13.2. The van der Waals surface area contributed by atoms with E-state index in [4.69, 9.17) is 0 Å². The Morgan fingerprint density at radius 2 is 2.05 bits per heavy atom. The fraction of sp³-hybridized carbons (Fsp3) is 0.400. The van der Waals surface area contributed by atoms with Gasteiger partial charge in [0.2, 0.25) is 0 Å². The van der Waals surface area contributed by atoms with Crippen LogP contribution in [0.1, 0.15) is 18.6 Å². The maximum absolute atomic E-state index is 10.8. The molecule has 0 bridgehead atoms. The molecule has 1 N–H and O–H groups in total. The van der Waals surface area contributed by atoms with Crippen molar-refractivity contribution in [2.24, 2.45) is 0 Å². The number of thioether (sulfide) groups is 2. The number of aliphatic hydroxyl groups excluding tert-OH is 1. The van der Waals surface area contributed by atoms with Crippen molar-refractivity contribution in [2.75, 3.05) is 11.5 Å². The lowest BCUT2D eigenvalue weighted by Crippen LogP contribution is -2.29. The smallest absolute Gasteiger partial charge is 0.0925 e. The molecule has 19 heavy (non-hydrogen) atoms. The Morgan fingerprint density at radius 3 is 2.89 bits per heavy atom. The molecule has 1 aliphatic rings. The van der Waals surface area contributed by atoms with Crippen molar-refractivity contribution >= 4 is 34.4 Å². The summed E-state index contributed by atoms with van der Waals surface area (Å²) >= 11 is 3.85. The van der Waals surface area contributed by atoms with Crippen LogP contribution in [0.3, 0.4) is 0 Å². The summed E-state index contributed by atoms with van der Waals surface area (Å²) in [6.07, 6.45) is 1.38. The Kier molecular flexibility index (Phi) is 4.01. The third-order valence-electron chi connectivity index (χ3n) is 3.55. The first-order chi connectivity index (χ1) is 9.27. The fourth-order valence-corrected chi connectivity index (χ4v) is 5.38. The Bertz CT molecular complexity index is 570. The number of hydrogen-bond donors (Lipinski definition) is 1. The van der Waals surface area contributed by atoms with E-state index in [0.717, 1.165) is 22.2 Å². The molecule has 1 fully saturated rings. The van der Waals surface area contributed by atoms with Crippen molar-refractivity contribution in [1.29, 1.82) is 0 Å². The highest BCUT2D eigenvalue weighted by atomic mass is 32.2. The molecule has 3 unspecified atom stereocenters. The first-order valence-electron chi connectivity index (χ1n) is 6.52. The van der Waals surface area contributed by atoms with Gasteiger partial charge in [0.05, 0.1) is 11.6 Å². The predicted molar refractivity (Wildman–Crippen MR) is 84.9 cm³/mol. The van der Waals surface area contributed by atoms with E-state index in [1.807, 2.05) is 53.9 Å². The van der Waals surface area contributed by atoms with Crippen LogP contribution in [0, 0.1) is 0 Å². The van der Waals surface area contributed by atoms with Crippen LogP contribution in [0.5, 0.6) is 0 Å². The van der Waals surface area contributed by atoms with Gasteiger partial charge in [-0.3, -0.25) is 4.98 Å². The van der Waals surface area contributed by atoms with Crippen LogP contribution in [0.25, 0.3) is 10.9 Å². The van der Waals surface area contributed by atoms with Crippen LogP contribution in [-0.2, 0) is 0 Å². The van der Waals surface area contributed by atoms with E-state index in [1.165, 1.54) is 5.75 Å². The molecule has 1 aliphatic heterocycles. The second kappa shape index (κ2) is 5.73.